The average molecular weight is 208 g/mol. The molecule has 2 aliphatic heterocycles. The van der Waals surface area contributed by atoms with Crippen molar-refractivity contribution in [1.29, 1.82) is 5.26 Å². The topological polar surface area (TPSA) is 68.2 Å². The van der Waals surface area contributed by atoms with Crippen LogP contribution in [0.3, 0.4) is 0 Å². The predicted octanol–water partition coefficient (Wildman–Crippen LogP) is -0.938. The zero-order chi connectivity index (χ0) is 10.7. The van der Waals surface area contributed by atoms with Gasteiger partial charge in [-0.2, -0.15) is 5.26 Å². The van der Waals surface area contributed by atoms with Crippen LogP contribution in [0.4, 0.5) is 0 Å². The van der Waals surface area contributed by atoms with Gasteiger partial charge in [0.25, 0.3) is 0 Å². The molecule has 2 fully saturated rings. The number of piperazine rings is 1. The summed E-state index contributed by atoms with van der Waals surface area (Å²) in [7, 11) is 0. The minimum Gasteiger partial charge on any atom is -0.352 e. The van der Waals surface area contributed by atoms with Crippen LogP contribution in [0.1, 0.15) is 12.8 Å². The highest BCUT2D eigenvalue weighted by Crippen LogP contribution is 2.11. The van der Waals surface area contributed by atoms with Gasteiger partial charge in [-0.05, 0) is 6.42 Å². The molecule has 0 saturated carbocycles. The molecule has 2 heterocycles. The van der Waals surface area contributed by atoms with Crippen molar-refractivity contribution in [2.24, 2.45) is 0 Å². The first kappa shape index (κ1) is 10.4. The Kier molecular flexibility index (Phi) is 3.19. The number of rotatable bonds is 2. The zero-order valence-electron chi connectivity index (χ0n) is 8.70. The van der Waals surface area contributed by atoms with E-state index in [4.69, 9.17) is 5.26 Å². The Morgan fingerprint density at radius 1 is 1.60 bits per heavy atom. The number of carbonyl (C=O) groups excluding carboxylic acids is 1. The van der Waals surface area contributed by atoms with Gasteiger partial charge in [-0.1, -0.05) is 0 Å². The lowest BCUT2D eigenvalue weighted by Gasteiger charge is -2.33. The number of nitrogens with zero attached hydrogens (tertiary/aromatic N) is 2. The summed E-state index contributed by atoms with van der Waals surface area (Å²) in [6.07, 6.45) is 1.54. The molecule has 0 aromatic heterocycles. The smallest absolute Gasteiger partial charge is 0.220 e. The number of nitriles is 1. The molecular formula is C10H16N4O. The van der Waals surface area contributed by atoms with Gasteiger partial charge in [0.2, 0.25) is 5.91 Å². The Bertz CT molecular complexity index is 286. The largest absolute Gasteiger partial charge is 0.352 e. The minimum atomic E-state index is -0.0451. The first-order valence-electron chi connectivity index (χ1n) is 5.43. The van der Waals surface area contributed by atoms with Crippen LogP contribution in [0, 0.1) is 11.3 Å². The summed E-state index contributed by atoms with van der Waals surface area (Å²) in [4.78, 5) is 13.2. The Labute approximate surface area is 89.4 Å². The van der Waals surface area contributed by atoms with Crippen LogP contribution in [0.25, 0.3) is 0 Å². The minimum absolute atomic E-state index is 0.0451. The molecule has 15 heavy (non-hydrogen) atoms. The van der Waals surface area contributed by atoms with Crippen LogP contribution in [-0.4, -0.2) is 49.1 Å². The summed E-state index contributed by atoms with van der Waals surface area (Å²) in [5, 5.41) is 15.1. The van der Waals surface area contributed by atoms with Crippen LogP contribution >= 0.6 is 0 Å². The molecule has 0 aromatic rings. The fraction of sp³-hybridized carbons (Fsp3) is 0.800. The fourth-order valence-corrected chi connectivity index (χ4v) is 2.19. The molecule has 2 unspecified atom stereocenters. The fourth-order valence-electron chi connectivity index (χ4n) is 2.19. The van der Waals surface area contributed by atoms with E-state index in [0.717, 1.165) is 32.6 Å². The highest BCUT2D eigenvalue weighted by Gasteiger charge is 2.27. The molecule has 2 atom stereocenters. The second-order valence-corrected chi connectivity index (χ2v) is 4.15. The molecule has 0 aliphatic carbocycles. The van der Waals surface area contributed by atoms with Crippen molar-refractivity contribution in [3.63, 3.8) is 0 Å². The van der Waals surface area contributed by atoms with E-state index >= 15 is 0 Å². The number of hydrogen-bond donors (Lipinski definition) is 2. The first-order valence-corrected chi connectivity index (χ1v) is 5.43. The Hall–Kier alpha value is -1.12. The molecule has 82 valence electrons. The molecule has 0 radical (unpaired) electrons. The molecule has 0 bridgehead atoms. The van der Waals surface area contributed by atoms with Crippen molar-refractivity contribution in [2.75, 3.05) is 26.2 Å². The molecule has 2 N–H and O–H groups in total. The number of amides is 1. The van der Waals surface area contributed by atoms with E-state index in [1.54, 1.807) is 0 Å². The summed E-state index contributed by atoms with van der Waals surface area (Å²) in [6.45, 7) is 3.37. The third-order valence-electron chi connectivity index (χ3n) is 3.04. The molecule has 1 amide bonds. The van der Waals surface area contributed by atoms with E-state index in [2.05, 4.69) is 21.6 Å². The van der Waals surface area contributed by atoms with Crippen LogP contribution in [0.15, 0.2) is 0 Å². The van der Waals surface area contributed by atoms with Crippen LogP contribution in [0.2, 0.25) is 0 Å². The molecule has 0 aromatic carbocycles. The van der Waals surface area contributed by atoms with Crippen LogP contribution in [0.5, 0.6) is 0 Å². The van der Waals surface area contributed by atoms with Gasteiger partial charge in [-0.15, -0.1) is 0 Å². The van der Waals surface area contributed by atoms with Crippen LogP contribution < -0.4 is 10.6 Å². The SMILES string of the molecule is N#CC1CNCCN1CC1CCC(=O)N1. The Morgan fingerprint density at radius 3 is 3.13 bits per heavy atom. The zero-order valence-corrected chi connectivity index (χ0v) is 8.70. The van der Waals surface area contributed by atoms with Gasteiger partial charge in [0, 0.05) is 38.6 Å². The summed E-state index contributed by atoms with van der Waals surface area (Å²) in [5.41, 5.74) is 0. The van der Waals surface area contributed by atoms with E-state index < -0.39 is 0 Å². The molecule has 2 rings (SSSR count). The maximum atomic E-state index is 11.0. The Morgan fingerprint density at radius 2 is 2.47 bits per heavy atom. The van der Waals surface area contributed by atoms with Gasteiger partial charge in [0.1, 0.15) is 6.04 Å². The molecule has 5 nitrogen and oxygen atoms in total. The molecule has 0 spiro atoms. The van der Waals surface area contributed by atoms with Crippen molar-refractivity contribution in [3.8, 4) is 6.07 Å². The van der Waals surface area contributed by atoms with Crippen molar-refractivity contribution in [2.45, 2.75) is 24.9 Å². The monoisotopic (exact) mass is 208 g/mol. The van der Waals surface area contributed by atoms with Gasteiger partial charge in [0.15, 0.2) is 0 Å². The summed E-state index contributed by atoms with van der Waals surface area (Å²) in [6, 6.07) is 2.49. The summed E-state index contributed by atoms with van der Waals surface area (Å²) in [5.74, 6) is 0.142. The Balaban J connectivity index is 1.87. The van der Waals surface area contributed by atoms with Gasteiger partial charge >= 0.3 is 0 Å². The van der Waals surface area contributed by atoms with Crippen LogP contribution in [-0.2, 0) is 4.79 Å². The summed E-state index contributed by atoms with van der Waals surface area (Å²) >= 11 is 0. The lowest BCUT2D eigenvalue weighted by atomic mass is 10.1. The average Bonchev–Trinajstić information content (AvgIpc) is 2.65. The lowest BCUT2D eigenvalue weighted by Crippen LogP contribution is -2.53. The molecule has 2 aliphatic rings. The molecule has 5 heteroatoms. The van der Waals surface area contributed by atoms with Crippen molar-refractivity contribution >= 4 is 5.91 Å². The van der Waals surface area contributed by atoms with E-state index in [9.17, 15) is 4.79 Å². The highest BCUT2D eigenvalue weighted by atomic mass is 16.1. The number of hydrogen-bond acceptors (Lipinski definition) is 4. The molecular weight excluding hydrogens is 192 g/mol. The van der Waals surface area contributed by atoms with E-state index in [1.165, 1.54) is 0 Å². The second-order valence-electron chi connectivity index (χ2n) is 4.15. The predicted molar refractivity (Wildman–Crippen MR) is 55.0 cm³/mol. The summed E-state index contributed by atoms with van der Waals surface area (Å²) < 4.78 is 0. The second kappa shape index (κ2) is 4.60. The van der Waals surface area contributed by atoms with Crippen molar-refractivity contribution < 1.29 is 4.79 Å². The quantitative estimate of drug-likeness (QED) is 0.615. The van der Waals surface area contributed by atoms with E-state index in [-0.39, 0.29) is 18.0 Å². The number of carbonyl (C=O) groups is 1. The highest BCUT2D eigenvalue weighted by molar-refractivity contribution is 5.78. The maximum Gasteiger partial charge on any atom is 0.220 e. The maximum absolute atomic E-state index is 11.0. The third-order valence-corrected chi connectivity index (χ3v) is 3.04. The van der Waals surface area contributed by atoms with Gasteiger partial charge in [-0.25, -0.2) is 0 Å². The third kappa shape index (κ3) is 2.46. The lowest BCUT2D eigenvalue weighted by molar-refractivity contribution is -0.119. The van der Waals surface area contributed by atoms with Gasteiger partial charge in [0.05, 0.1) is 6.07 Å². The normalized spacial score (nSPS) is 32.3. The van der Waals surface area contributed by atoms with Crippen molar-refractivity contribution in [1.82, 2.24) is 15.5 Å². The van der Waals surface area contributed by atoms with E-state index in [0.29, 0.717) is 6.42 Å². The molecule has 2 saturated heterocycles. The number of nitrogens with one attached hydrogen (secondary N) is 2. The van der Waals surface area contributed by atoms with Crippen molar-refractivity contribution in [3.05, 3.63) is 0 Å². The standard InChI is InChI=1S/C10H16N4O/c11-5-9-6-12-3-4-14(9)7-8-1-2-10(15)13-8/h8-9,12H,1-4,6-7H2,(H,13,15). The van der Waals surface area contributed by atoms with Gasteiger partial charge in [-0.3, -0.25) is 9.69 Å². The van der Waals surface area contributed by atoms with Gasteiger partial charge < -0.3 is 10.6 Å². The van der Waals surface area contributed by atoms with E-state index in [1.807, 2.05) is 0 Å². The first-order chi connectivity index (χ1) is 7.29.